The zero-order chi connectivity index (χ0) is 15.0. The Morgan fingerprint density at radius 1 is 1.43 bits per heavy atom. The highest BCUT2D eigenvalue weighted by atomic mass is 16.5. The van der Waals surface area contributed by atoms with Crippen LogP contribution in [-0.4, -0.2) is 36.9 Å². The Morgan fingerprint density at radius 2 is 2.24 bits per heavy atom. The van der Waals surface area contributed by atoms with E-state index < -0.39 is 0 Å². The van der Waals surface area contributed by atoms with Crippen molar-refractivity contribution in [3.63, 3.8) is 0 Å². The number of rotatable bonds is 3. The van der Waals surface area contributed by atoms with Gasteiger partial charge in [-0.2, -0.15) is 0 Å². The smallest absolute Gasteiger partial charge is 0.340 e. The molecule has 1 aromatic carbocycles. The zero-order valence-corrected chi connectivity index (χ0v) is 12.3. The Balaban J connectivity index is 1.87. The van der Waals surface area contributed by atoms with Gasteiger partial charge in [-0.3, -0.25) is 0 Å². The number of benzene rings is 1. The Morgan fingerprint density at radius 3 is 2.95 bits per heavy atom. The normalized spacial score (nSPS) is 27.7. The number of nitrogen functional groups attached to an aromatic ring is 1. The molecule has 3 unspecified atom stereocenters. The number of anilines is 2. The Labute approximate surface area is 124 Å². The van der Waals surface area contributed by atoms with Crippen molar-refractivity contribution in [2.45, 2.75) is 25.9 Å². The molecule has 1 heterocycles. The van der Waals surface area contributed by atoms with Crippen LogP contribution in [0.3, 0.4) is 0 Å². The lowest BCUT2D eigenvalue weighted by atomic mass is 10.00. The van der Waals surface area contributed by atoms with E-state index in [9.17, 15) is 9.90 Å². The molecule has 21 heavy (non-hydrogen) atoms. The molecule has 1 saturated heterocycles. The van der Waals surface area contributed by atoms with Crippen molar-refractivity contribution in [1.82, 2.24) is 0 Å². The van der Waals surface area contributed by atoms with Crippen molar-refractivity contribution in [2.24, 2.45) is 11.8 Å². The molecule has 3 atom stereocenters. The number of nitrogens with zero attached hydrogens (tertiary/aromatic N) is 1. The number of hydrogen-bond donors (Lipinski definition) is 2. The zero-order valence-electron chi connectivity index (χ0n) is 12.3. The SMILES string of the molecule is CCOC(=O)c1cc(N)ccc1N1CC2CCC(O)C2C1. The van der Waals surface area contributed by atoms with E-state index in [4.69, 9.17) is 10.5 Å². The van der Waals surface area contributed by atoms with Crippen LogP contribution < -0.4 is 10.6 Å². The summed E-state index contributed by atoms with van der Waals surface area (Å²) in [5, 5.41) is 10.0. The third-order valence-electron chi connectivity index (χ3n) is 4.68. The standard InChI is InChI=1S/C16H22N2O3/c1-2-21-16(20)12-7-11(17)4-5-14(12)18-8-10-3-6-15(19)13(10)9-18/h4-5,7,10,13,15,19H,2-3,6,8-9,17H2,1H3. The maximum atomic E-state index is 12.1. The number of carbonyl (C=O) groups excluding carboxylic acids is 1. The van der Waals surface area contributed by atoms with E-state index in [0.717, 1.165) is 31.6 Å². The summed E-state index contributed by atoms with van der Waals surface area (Å²) in [6.45, 7) is 3.82. The van der Waals surface area contributed by atoms with Gasteiger partial charge in [0, 0.05) is 24.7 Å². The number of carbonyl (C=O) groups is 1. The number of aliphatic hydroxyl groups is 1. The van der Waals surface area contributed by atoms with Crippen LogP contribution in [0.15, 0.2) is 18.2 Å². The van der Waals surface area contributed by atoms with Gasteiger partial charge in [-0.05, 0) is 43.9 Å². The van der Waals surface area contributed by atoms with Crippen molar-refractivity contribution in [2.75, 3.05) is 30.3 Å². The fraction of sp³-hybridized carbons (Fsp3) is 0.562. The minimum atomic E-state index is -0.336. The van der Waals surface area contributed by atoms with Crippen molar-refractivity contribution in [3.05, 3.63) is 23.8 Å². The highest BCUT2D eigenvalue weighted by molar-refractivity contribution is 5.97. The van der Waals surface area contributed by atoms with E-state index in [2.05, 4.69) is 4.90 Å². The lowest BCUT2D eigenvalue weighted by Crippen LogP contribution is -2.26. The lowest BCUT2D eigenvalue weighted by molar-refractivity contribution is 0.0527. The van der Waals surface area contributed by atoms with Crippen LogP contribution in [0.1, 0.15) is 30.1 Å². The fourth-order valence-corrected chi connectivity index (χ4v) is 3.64. The molecule has 1 aliphatic carbocycles. The summed E-state index contributed by atoms with van der Waals surface area (Å²) >= 11 is 0. The second kappa shape index (κ2) is 5.56. The van der Waals surface area contributed by atoms with Crippen molar-refractivity contribution < 1.29 is 14.6 Å². The number of esters is 1. The molecule has 3 N–H and O–H groups in total. The third-order valence-corrected chi connectivity index (χ3v) is 4.68. The molecule has 5 nitrogen and oxygen atoms in total. The van der Waals surface area contributed by atoms with Gasteiger partial charge >= 0.3 is 5.97 Å². The summed E-state index contributed by atoms with van der Waals surface area (Å²) in [5.74, 6) is 0.502. The van der Waals surface area contributed by atoms with Crippen molar-refractivity contribution in [3.8, 4) is 0 Å². The maximum absolute atomic E-state index is 12.1. The van der Waals surface area contributed by atoms with E-state index in [1.54, 1.807) is 13.0 Å². The first-order chi connectivity index (χ1) is 10.1. The molecule has 0 amide bonds. The van der Waals surface area contributed by atoms with E-state index in [0.29, 0.717) is 29.7 Å². The molecule has 1 aromatic rings. The fourth-order valence-electron chi connectivity index (χ4n) is 3.64. The van der Waals surface area contributed by atoms with Crippen LogP contribution in [0.25, 0.3) is 0 Å². The molecule has 0 spiro atoms. The first-order valence-corrected chi connectivity index (χ1v) is 7.59. The first-order valence-electron chi connectivity index (χ1n) is 7.59. The van der Waals surface area contributed by atoms with Crippen molar-refractivity contribution in [1.29, 1.82) is 0 Å². The van der Waals surface area contributed by atoms with Gasteiger partial charge in [0.05, 0.1) is 24.0 Å². The average Bonchev–Trinajstić information content (AvgIpc) is 3.02. The largest absolute Gasteiger partial charge is 0.462 e. The van der Waals surface area contributed by atoms with Gasteiger partial charge in [-0.25, -0.2) is 4.79 Å². The molecule has 114 valence electrons. The number of nitrogens with two attached hydrogens (primary N) is 1. The van der Waals surface area contributed by atoms with Gasteiger partial charge < -0.3 is 20.5 Å². The van der Waals surface area contributed by atoms with E-state index in [1.807, 2.05) is 12.1 Å². The summed E-state index contributed by atoms with van der Waals surface area (Å²) in [5.41, 5.74) is 7.75. The minimum Gasteiger partial charge on any atom is -0.462 e. The quantitative estimate of drug-likeness (QED) is 0.654. The highest BCUT2D eigenvalue weighted by Gasteiger charge is 2.42. The molecule has 0 radical (unpaired) electrons. The molecular weight excluding hydrogens is 268 g/mol. The molecule has 0 aromatic heterocycles. The van der Waals surface area contributed by atoms with Crippen LogP contribution >= 0.6 is 0 Å². The average molecular weight is 290 g/mol. The topological polar surface area (TPSA) is 75.8 Å². The summed E-state index contributed by atoms with van der Waals surface area (Å²) in [4.78, 5) is 14.3. The molecule has 3 rings (SSSR count). The molecule has 2 fully saturated rings. The molecular formula is C16H22N2O3. The van der Waals surface area contributed by atoms with E-state index in [-0.39, 0.29) is 12.1 Å². The third kappa shape index (κ3) is 2.58. The Bertz CT molecular complexity index is 546. The predicted molar refractivity (Wildman–Crippen MR) is 81.2 cm³/mol. The van der Waals surface area contributed by atoms with Crippen molar-refractivity contribution >= 4 is 17.3 Å². The maximum Gasteiger partial charge on any atom is 0.340 e. The summed E-state index contributed by atoms with van der Waals surface area (Å²) in [6.07, 6.45) is 1.75. The van der Waals surface area contributed by atoms with Gasteiger partial charge in [-0.15, -0.1) is 0 Å². The highest BCUT2D eigenvalue weighted by Crippen LogP contribution is 2.40. The van der Waals surface area contributed by atoms with Crippen LogP contribution in [0.2, 0.25) is 0 Å². The molecule has 1 aliphatic heterocycles. The monoisotopic (exact) mass is 290 g/mol. The summed E-state index contributed by atoms with van der Waals surface area (Å²) in [7, 11) is 0. The van der Waals surface area contributed by atoms with Gasteiger partial charge in [0.25, 0.3) is 0 Å². The number of ether oxygens (including phenoxy) is 1. The molecule has 1 saturated carbocycles. The summed E-state index contributed by atoms with van der Waals surface area (Å²) < 4.78 is 5.13. The second-order valence-corrected chi connectivity index (χ2v) is 5.97. The Kier molecular flexibility index (Phi) is 3.76. The predicted octanol–water partition coefficient (Wildman–Crippen LogP) is 1.65. The van der Waals surface area contributed by atoms with Crippen LogP contribution in [0.5, 0.6) is 0 Å². The number of fused-ring (bicyclic) bond motifs is 1. The minimum absolute atomic E-state index is 0.208. The van der Waals surface area contributed by atoms with E-state index in [1.165, 1.54) is 0 Å². The summed E-state index contributed by atoms with van der Waals surface area (Å²) in [6, 6.07) is 5.37. The van der Waals surface area contributed by atoms with Crippen LogP contribution in [0.4, 0.5) is 11.4 Å². The molecule has 0 bridgehead atoms. The second-order valence-electron chi connectivity index (χ2n) is 5.97. The van der Waals surface area contributed by atoms with Gasteiger partial charge in [-0.1, -0.05) is 0 Å². The van der Waals surface area contributed by atoms with Crippen LogP contribution in [0, 0.1) is 11.8 Å². The van der Waals surface area contributed by atoms with Gasteiger partial charge in [0.15, 0.2) is 0 Å². The Hall–Kier alpha value is -1.75. The first kappa shape index (κ1) is 14.2. The van der Waals surface area contributed by atoms with E-state index >= 15 is 0 Å². The number of hydrogen-bond acceptors (Lipinski definition) is 5. The van der Waals surface area contributed by atoms with Gasteiger partial charge in [0.1, 0.15) is 0 Å². The van der Waals surface area contributed by atoms with Gasteiger partial charge in [0.2, 0.25) is 0 Å². The molecule has 2 aliphatic rings. The lowest BCUT2D eigenvalue weighted by Gasteiger charge is -2.23. The van der Waals surface area contributed by atoms with Crippen LogP contribution in [-0.2, 0) is 4.74 Å². The number of aliphatic hydroxyl groups excluding tert-OH is 1. The molecule has 5 heteroatoms.